The average molecular weight is 302 g/mol. The molecule has 0 aromatic carbocycles. The summed E-state index contributed by atoms with van der Waals surface area (Å²) in [5.41, 5.74) is 2.45. The van der Waals surface area contributed by atoms with Gasteiger partial charge in [-0.3, -0.25) is 19.7 Å². The van der Waals surface area contributed by atoms with Crippen molar-refractivity contribution in [3.05, 3.63) is 35.5 Å². The topological polar surface area (TPSA) is 66.5 Å². The van der Waals surface area contributed by atoms with E-state index in [9.17, 15) is 14.4 Å². The highest BCUT2D eigenvalue weighted by atomic mass is 16.2. The first-order chi connectivity index (χ1) is 10.3. The number of carbonyl (C=O) groups is 3. The summed E-state index contributed by atoms with van der Waals surface area (Å²) in [5, 5.41) is 2.31. The molecule has 0 saturated carbocycles. The summed E-state index contributed by atoms with van der Waals surface area (Å²) < 4.78 is 0. The monoisotopic (exact) mass is 302 g/mol. The van der Waals surface area contributed by atoms with Gasteiger partial charge in [-0.1, -0.05) is 38.2 Å². The van der Waals surface area contributed by atoms with Gasteiger partial charge in [0.1, 0.15) is 6.04 Å². The Kier molecular flexibility index (Phi) is 4.64. The fraction of sp³-hybridized carbons (Fsp3) is 0.471. The van der Waals surface area contributed by atoms with Crippen LogP contribution in [0, 0.1) is 5.92 Å². The van der Waals surface area contributed by atoms with Gasteiger partial charge < -0.3 is 4.90 Å². The minimum Gasteiger partial charge on any atom is -0.322 e. The quantitative estimate of drug-likeness (QED) is 0.637. The van der Waals surface area contributed by atoms with E-state index in [1.165, 1.54) is 0 Å². The summed E-state index contributed by atoms with van der Waals surface area (Å²) in [6.45, 7) is 10.3. The fourth-order valence-corrected chi connectivity index (χ4v) is 2.69. The molecule has 1 N–H and O–H groups in total. The molecule has 0 bridgehead atoms. The molecule has 22 heavy (non-hydrogen) atoms. The number of nitrogens with zero attached hydrogens (tertiary/aromatic N) is 1. The fourth-order valence-electron chi connectivity index (χ4n) is 2.69. The first kappa shape index (κ1) is 16.2. The van der Waals surface area contributed by atoms with Gasteiger partial charge in [0.25, 0.3) is 5.91 Å². The van der Waals surface area contributed by atoms with Gasteiger partial charge in [0.05, 0.1) is 0 Å². The van der Waals surface area contributed by atoms with Crippen LogP contribution < -0.4 is 5.32 Å². The van der Waals surface area contributed by atoms with Crippen molar-refractivity contribution in [1.29, 1.82) is 0 Å². The Morgan fingerprint density at radius 3 is 2.59 bits per heavy atom. The molecular weight excluding hydrogens is 280 g/mol. The number of amides is 3. The van der Waals surface area contributed by atoms with Gasteiger partial charge in [-0.05, 0) is 24.8 Å². The van der Waals surface area contributed by atoms with Crippen LogP contribution in [0.4, 0.5) is 0 Å². The van der Waals surface area contributed by atoms with Gasteiger partial charge in [-0.2, -0.15) is 0 Å². The molecule has 0 radical (unpaired) electrons. The van der Waals surface area contributed by atoms with Crippen LogP contribution in [-0.2, 0) is 14.4 Å². The van der Waals surface area contributed by atoms with E-state index < -0.39 is 6.04 Å². The van der Waals surface area contributed by atoms with Crippen molar-refractivity contribution in [1.82, 2.24) is 10.2 Å². The van der Waals surface area contributed by atoms with E-state index in [1.807, 2.05) is 26.8 Å². The van der Waals surface area contributed by atoms with Gasteiger partial charge >= 0.3 is 0 Å². The molecule has 0 spiro atoms. The van der Waals surface area contributed by atoms with Crippen LogP contribution in [0.3, 0.4) is 0 Å². The predicted octanol–water partition coefficient (Wildman–Crippen LogP) is 1.72. The van der Waals surface area contributed by atoms with Crippen molar-refractivity contribution in [2.24, 2.45) is 5.92 Å². The summed E-state index contributed by atoms with van der Waals surface area (Å²) >= 11 is 0. The third-order valence-electron chi connectivity index (χ3n) is 4.15. The van der Waals surface area contributed by atoms with Crippen molar-refractivity contribution >= 4 is 17.7 Å². The lowest BCUT2D eigenvalue weighted by molar-refractivity contribution is -0.142. The van der Waals surface area contributed by atoms with Crippen LogP contribution in [-0.4, -0.2) is 35.2 Å². The van der Waals surface area contributed by atoms with Crippen LogP contribution in [0.2, 0.25) is 0 Å². The van der Waals surface area contributed by atoms with Gasteiger partial charge in [-0.25, -0.2) is 0 Å². The maximum Gasteiger partial charge on any atom is 0.254 e. The normalized spacial score (nSPS) is 26.3. The lowest BCUT2D eigenvalue weighted by atomic mass is 10.00. The van der Waals surface area contributed by atoms with Crippen LogP contribution >= 0.6 is 0 Å². The molecule has 1 unspecified atom stereocenters. The third-order valence-corrected chi connectivity index (χ3v) is 4.15. The number of piperidine rings is 1. The number of carbonyl (C=O) groups excluding carboxylic acids is 3. The van der Waals surface area contributed by atoms with E-state index in [-0.39, 0.29) is 24.1 Å². The lowest BCUT2D eigenvalue weighted by Crippen LogP contribution is -2.52. The average Bonchev–Trinajstić information content (AvgIpc) is 2.74. The van der Waals surface area contributed by atoms with Crippen LogP contribution in [0.1, 0.15) is 33.6 Å². The zero-order chi connectivity index (χ0) is 16.4. The zero-order valence-electron chi connectivity index (χ0n) is 13.3. The Morgan fingerprint density at radius 1 is 1.36 bits per heavy atom. The highest BCUT2D eigenvalue weighted by Gasteiger charge is 2.40. The Bertz CT molecular complexity index is 599. The van der Waals surface area contributed by atoms with E-state index in [4.69, 9.17) is 0 Å². The molecule has 2 aliphatic rings. The molecule has 0 aromatic heterocycles. The van der Waals surface area contributed by atoms with E-state index in [2.05, 4.69) is 11.9 Å². The van der Waals surface area contributed by atoms with Crippen LogP contribution in [0.15, 0.2) is 35.5 Å². The minimum absolute atomic E-state index is 0.153. The van der Waals surface area contributed by atoms with E-state index in [1.54, 1.807) is 11.0 Å². The second-order valence-electron chi connectivity index (χ2n) is 6.00. The van der Waals surface area contributed by atoms with Gasteiger partial charge in [-0.15, -0.1) is 0 Å². The Hall–Kier alpha value is -2.17. The van der Waals surface area contributed by atoms with Crippen molar-refractivity contribution in [3.8, 4) is 0 Å². The van der Waals surface area contributed by atoms with Crippen molar-refractivity contribution in [2.75, 3.05) is 6.54 Å². The lowest BCUT2D eigenvalue weighted by Gasteiger charge is -2.28. The van der Waals surface area contributed by atoms with Crippen molar-refractivity contribution in [3.63, 3.8) is 0 Å². The number of allylic oxidation sites excluding steroid dienone is 3. The van der Waals surface area contributed by atoms with Gasteiger partial charge in [0, 0.05) is 18.5 Å². The number of likely N-dealkylation sites (tertiary alicyclic amines) is 1. The summed E-state index contributed by atoms with van der Waals surface area (Å²) in [6.07, 6.45) is 4.35. The maximum absolute atomic E-state index is 12.5. The Labute approximate surface area is 130 Å². The molecule has 5 heteroatoms. The molecule has 2 rings (SSSR count). The molecule has 2 heterocycles. The molecule has 2 fully saturated rings. The summed E-state index contributed by atoms with van der Waals surface area (Å²) in [7, 11) is 0. The maximum atomic E-state index is 12.5. The number of nitrogens with one attached hydrogen (secondary N) is 1. The van der Waals surface area contributed by atoms with E-state index >= 15 is 0 Å². The number of imide groups is 1. The first-order valence-electron chi connectivity index (χ1n) is 7.55. The molecule has 2 aliphatic heterocycles. The smallest absolute Gasteiger partial charge is 0.254 e. The summed E-state index contributed by atoms with van der Waals surface area (Å²) in [5.74, 6) is -0.516. The summed E-state index contributed by atoms with van der Waals surface area (Å²) in [6, 6.07) is -0.571. The molecule has 5 nitrogen and oxygen atoms in total. The van der Waals surface area contributed by atoms with E-state index in [0.29, 0.717) is 24.5 Å². The SMILES string of the molecule is C=C(/C=C1/CN(C2CCC(=O)NC2=O)C(=O)/C1=C/C)C(C)C. The molecule has 2 saturated heterocycles. The Balaban J connectivity index is 2.26. The standard InChI is InChI=1S/C17H22N2O3/c1-5-13-12(8-11(4)10(2)3)9-19(17(13)22)14-6-7-15(20)18-16(14)21/h5,8,10,14H,4,6-7,9H2,1-3H3,(H,18,20,21)/b12-8-,13-5+. The van der Waals surface area contributed by atoms with Crippen LogP contribution in [0.25, 0.3) is 0 Å². The van der Waals surface area contributed by atoms with Crippen molar-refractivity contribution in [2.45, 2.75) is 39.7 Å². The number of hydrogen-bond acceptors (Lipinski definition) is 3. The highest BCUT2D eigenvalue weighted by molar-refractivity contribution is 6.06. The third kappa shape index (κ3) is 3.03. The summed E-state index contributed by atoms with van der Waals surface area (Å²) in [4.78, 5) is 37.3. The van der Waals surface area contributed by atoms with Crippen LogP contribution in [0.5, 0.6) is 0 Å². The highest BCUT2D eigenvalue weighted by Crippen LogP contribution is 2.29. The largest absolute Gasteiger partial charge is 0.322 e. The minimum atomic E-state index is -0.571. The van der Waals surface area contributed by atoms with Crippen molar-refractivity contribution < 1.29 is 14.4 Å². The number of hydrogen-bond donors (Lipinski definition) is 1. The Morgan fingerprint density at radius 2 is 2.05 bits per heavy atom. The van der Waals surface area contributed by atoms with Gasteiger partial charge in [0.2, 0.25) is 11.8 Å². The first-order valence-corrected chi connectivity index (χ1v) is 7.55. The molecule has 3 amide bonds. The second kappa shape index (κ2) is 6.30. The molecule has 0 aromatic rings. The number of rotatable bonds is 3. The second-order valence-corrected chi connectivity index (χ2v) is 6.00. The molecule has 1 atom stereocenters. The predicted molar refractivity (Wildman–Crippen MR) is 83.7 cm³/mol. The molecule has 0 aliphatic carbocycles. The zero-order valence-corrected chi connectivity index (χ0v) is 13.3. The molecule has 118 valence electrons. The molecular formula is C17H22N2O3. The van der Waals surface area contributed by atoms with E-state index in [0.717, 1.165) is 11.1 Å². The van der Waals surface area contributed by atoms with Gasteiger partial charge in [0.15, 0.2) is 0 Å².